The lowest BCUT2D eigenvalue weighted by molar-refractivity contribution is 0.112. The SMILES string of the molecule is O=Cc1nc(C2CCCCC2)n2cc(Br)ccc12. The van der Waals surface area contributed by atoms with Crippen LogP contribution in [-0.4, -0.2) is 15.7 Å². The zero-order valence-electron chi connectivity index (χ0n) is 10.1. The quantitative estimate of drug-likeness (QED) is 0.787. The first kappa shape index (κ1) is 11.9. The Morgan fingerprint density at radius 3 is 2.78 bits per heavy atom. The maximum absolute atomic E-state index is 11.1. The molecule has 1 aliphatic carbocycles. The van der Waals surface area contributed by atoms with Crippen molar-refractivity contribution in [2.24, 2.45) is 0 Å². The van der Waals surface area contributed by atoms with Gasteiger partial charge in [-0.25, -0.2) is 4.98 Å². The Labute approximate surface area is 114 Å². The number of carbonyl (C=O) groups excluding carboxylic acids is 1. The average molecular weight is 307 g/mol. The summed E-state index contributed by atoms with van der Waals surface area (Å²) in [5.41, 5.74) is 1.47. The van der Waals surface area contributed by atoms with Gasteiger partial charge in [0.15, 0.2) is 6.29 Å². The highest BCUT2D eigenvalue weighted by Crippen LogP contribution is 2.33. The van der Waals surface area contributed by atoms with Gasteiger partial charge in [0, 0.05) is 16.6 Å². The Morgan fingerprint density at radius 2 is 2.06 bits per heavy atom. The molecule has 2 aromatic rings. The predicted octanol–water partition coefficient (Wildman–Crippen LogP) is 3.96. The van der Waals surface area contributed by atoms with Crippen molar-refractivity contribution >= 4 is 27.7 Å². The van der Waals surface area contributed by atoms with Crippen molar-refractivity contribution in [3.05, 3.63) is 34.3 Å². The molecule has 0 saturated heterocycles. The van der Waals surface area contributed by atoms with Gasteiger partial charge in [-0.1, -0.05) is 19.3 Å². The van der Waals surface area contributed by atoms with Crippen molar-refractivity contribution in [2.75, 3.05) is 0 Å². The number of aromatic nitrogens is 2. The van der Waals surface area contributed by atoms with E-state index in [-0.39, 0.29) is 0 Å². The van der Waals surface area contributed by atoms with E-state index in [1.54, 1.807) is 0 Å². The number of pyridine rings is 1. The minimum atomic E-state index is 0.495. The summed E-state index contributed by atoms with van der Waals surface area (Å²) in [5, 5.41) is 0. The van der Waals surface area contributed by atoms with Gasteiger partial charge in [-0.15, -0.1) is 0 Å². The molecule has 0 amide bonds. The topological polar surface area (TPSA) is 34.4 Å². The number of hydrogen-bond acceptors (Lipinski definition) is 2. The van der Waals surface area contributed by atoms with Gasteiger partial charge in [-0.05, 0) is 40.9 Å². The summed E-state index contributed by atoms with van der Waals surface area (Å²) in [6, 6.07) is 3.90. The largest absolute Gasteiger partial charge is 0.302 e. The van der Waals surface area contributed by atoms with Crippen LogP contribution in [0.3, 0.4) is 0 Å². The van der Waals surface area contributed by atoms with E-state index in [9.17, 15) is 4.79 Å². The highest BCUT2D eigenvalue weighted by atomic mass is 79.9. The molecular weight excluding hydrogens is 292 g/mol. The fraction of sp³-hybridized carbons (Fsp3) is 0.429. The second kappa shape index (κ2) is 4.84. The molecule has 0 atom stereocenters. The fourth-order valence-electron chi connectivity index (χ4n) is 2.84. The van der Waals surface area contributed by atoms with Crippen LogP contribution in [0.5, 0.6) is 0 Å². The summed E-state index contributed by atoms with van der Waals surface area (Å²) in [4.78, 5) is 15.7. The summed E-state index contributed by atoms with van der Waals surface area (Å²) in [5.74, 6) is 1.54. The number of nitrogens with zero attached hydrogens (tertiary/aromatic N) is 2. The molecule has 0 spiro atoms. The summed E-state index contributed by atoms with van der Waals surface area (Å²) in [7, 11) is 0. The van der Waals surface area contributed by atoms with Crippen molar-refractivity contribution in [2.45, 2.75) is 38.0 Å². The van der Waals surface area contributed by atoms with E-state index < -0.39 is 0 Å². The Bertz CT molecular complexity index is 585. The maximum atomic E-state index is 11.1. The summed E-state index contributed by atoms with van der Waals surface area (Å²) in [6.07, 6.45) is 9.10. The van der Waals surface area contributed by atoms with Crippen LogP contribution in [-0.2, 0) is 0 Å². The highest BCUT2D eigenvalue weighted by molar-refractivity contribution is 9.10. The molecule has 2 aromatic heterocycles. The predicted molar refractivity (Wildman–Crippen MR) is 74.1 cm³/mol. The van der Waals surface area contributed by atoms with Crippen molar-refractivity contribution in [3.63, 3.8) is 0 Å². The third-order valence-electron chi connectivity index (χ3n) is 3.74. The van der Waals surface area contributed by atoms with Crippen LogP contribution in [0.1, 0.15) is 54.3 Å². The summed E-state index contributed by atoms with van der Waals surface area (Å²) in [6.45, 7) is 0. The van der Waals surface area contributed by atoms with E-state index in [2.05, 4.69) is 25.3 Å². The number of rotatable bonds is 2. The number of carbonyl (C=O) groups is 1. The average Bonchev–Trinajstić information content (AvgIpc) is 2.77. The first-order valence-corrected chi connectivity index (χ1v) is 7.21. The first-order valence-electron chi connectivity index (χ1n) is 6.42. The molecule has 94 valence electrons. The maximum Gasteiger partial charge on any atom is 0.170 e. The zero-order chi connectivity index (χ0) is 12.5. The van der Waals surface area contributed by atoms with Crippen LogP contribution in [0.25, 0.3) is 5.52 Å². The Balaban J connectivity index is 2.15. The molecule has 0 aromatic carbocycles. The van der Waals surface area contributed by atoms with Crippen LogP contribution in [0.4, 0.5) is 0 Å². The molecule has 3 nitrogen and oxygen atoms in total. The van der Waals surface area contributed by atoms with Gasteiger partial charge in [0.1, 0.15) is 11.5 Å². The molecule has 0 N–H and O–H groups in total. The fourth-order valence-corrected chi connectivity index (χ4v) is 3.18. The van der Waals surface area contributed by atoms with Crippen LogP contribution in [0.2, 0.25) is 0 Å². The lowest BCUT2D eigenvalue weighted by Gasteiger charge is -2.20. The molecule has 1 fully saturated rings. The molecule has 0 radical (unpaired) electrons. The van der Waals surface area contributed by atoms with Crippen LogP contribution >= 0.6 is 15.9 Å². The molecule has 4 heteroatoms. The number of aldehydes is 1. The van der Waals surface area contributed by atoms with E-state index >= 15 is 0 Å². The lowest BCUT2D eigenvalue weighted by Crippen LogP contribution is -2.08. The van der Waals surface area contributed by atoms with Crippen LogP contribution in [0.15, 0.2) is 22.8 Å². The van der Waals surface area contributed by atoms with E-state index in [4.69, 9.17) is 0 Å². The monoisotopic (exact) mass is 306 g/mol. The second-order valence-electron chi connectivity index (χ2n) is 4.91. The molecule has 1 aliphatic rings. The Morgan fingerprint density at radius 1 is 1.28 bits per heavy atom. The molecule has 18 heavy (non-hydrogen) atoms. The molecule has 0 aliphatic heterocycles. The third kappa shape index (κ3) is 1.99. The molecule has 1 saturated carbocycles. The van der Waals surface area contributed by atoms with E-state index in [0.717, 1.165) is 22.1 Å². The van der Waals surface area contributed by atoms with Gasteiger partial charge in [0.05, 0.1) is 5.52 Å². The lowest BCUT2D eigenvalue weighted by atomic mass is 9.89. The van der Waals surface area contributed by atoms with Crippen molar-refractivity contribution < 1.29 is 4.79 Å². The number of fused-ring (bicyclic) bond motifs is 1. The molecule has 2 heterocycles. The van der Waals surface area contributed by atoms with E-state index in [1.807, 2.05) is 18.3 Å². The second-order valence-corrected chi connectivity index (χ2v) is 5.83. The zero-order valence-corrected chi connectivity index (χ0v) is 11.7. The number of imidazole rings is 1. The normalized spacial score (nSPS) is 17.2. The Kier molecular flexibility index (Phi) is 3.20. The van der Waals surface area contributed by atoms with Crippen molar-refractivity contribution in [1.29, 1.82) is 0 Å². The van der Waals surface area contributed by atoms with Crippen LogP contribution in [0, 0.1) is 0 Å². The molecule has 0 unspecified atom stereocenters. The van der Waals surface area contributed by atoms with Gasteiger partial charge in [0.2, 0.25) is 0 Å². The Hall–Kier alpha value is -1.16. The van der Waals surface area contributed by atoms with Gasteiger partial charge in [-0.3, -0.25) is 4.79 Å². The minimum Gasteiger partial charge on any atom is -0.302 e. The van der Waals surface area contributed by atoms with Crippen molar-refractivity contribution in [3.8, 4) is 0 Å². The molecule has 3 rings (SSSR count). The number of halogens is 1. The van der Waals surface area contributed by atoms with Gasteiger partial charge < -0.3 is 4.40 Å². The smallest absolute Gasteiger partial charge is 0.170 e. The first-order chi connectivity index (χ1) is 8.79. The van der Waals surface area contributed by atoms with Crippen LogP contribution < -0.4 is 0 Å². The van der Waals surface area contributed by atoms with Gasteiger partial charge >= 0.3 is 0 Å². The molecule has 0 bridgehead atoms. The highest BCUT2D eigenvalue weighted by Gasteiger charge is 2.21. The minimum absolute atomic E-state index is 0.495. The molecular formula is C14H15BrN2O. The summed E-state index contributed by atoms with van der Waals surface area (Å²) >= 11 is 3.48. The van der Waals surface area contributed by atoms with Gasteiger partial charge in [0.25, 0.3) is 0 Å². The van der Waals surface area contributed by atoms with Crippen molar-refractivity contribution in [1.82, 2.24) is 9.38 Å². The number of hydrogen-bond donors (Lipinski definition) is 0. The van der Waals surface area contributed by atoms with E-state index in [1.165, 1.54) is 32.1 Å². The standard InChI is InChI=1S/C14H15BrN2O/c15-11-6-7-13-12(9-18)16-14(17(13)8-11)10-4-2-1-3-5-10/h6-10H,1-5H2. The van der Waals surface area contributed by atoms with E-state index in [0.29, 0.717) is 11.6 Å². The third-order valence-corrected chi connectivity index (χ3v) is 4.21. The van der Waals surface area contributed by atoms with Gasteiger partial charge in [-0.2, -0.15) is 0 Å². The summed E-state index contributed by atoms with van der Waals surface area (Å²) < 4.78 is 3.09.